The molecule has 0 fully saturated rings. The number of benzene rings is 3. The normalized spacial score (nSPS) is 12.6. The Balaban J connectivity index is 2.18. The fourth-order valence-corrected chi connectivity index (χ4v) is 3.29. The molecule has 0 bridgehead atoms. The maximum Gasteiger partial charge on any atom is 0.129 e. The van der Waals surface area contributed by atoms with Crippen LogP contribution in [0.4, 0.5) is 4.39 Å². The highest BCUT2D eigenvalue weighted by Crippen LogP contribution is 2.33. The van der Waals surface area contributed by atoms with Crippen molar-refractivity contribution >= 4 is 42.6 Å². The van der Waals surface area contributed by atoms with E-state index in [-0.39, 0.29) is 5.82 Å². The molecule has 0 spiro atoms. The highest BCUT2D eigenvalue weighted by atomic mass is 79.9. The largest absolute Gasteiger partial charge is 0.320 e. The van der Waals surface area contributed by atoms with Gasteiger partial charge in [-0.25, -0.2) is 4.39 Å². The highest BCUT2D eigenvalue weighted by molar-refractivity contribution is 9.11. The van der Waals surface area contributed by atoms with Crippen LogP contribution in [0.2, 0.25) is 0 Å². The molecule has 1 nitrogen and oxygen atoms in total. The first-order chi connectivity index (χ1) is 10.1. The van der Waals surface area contributed by atoms with Crippen LogP contribution in [-0.4, -0.2) is 0 Å². The van der Waals surface area contributed by atoms with Crippen molar-refractivity contribution in [2.75, 3.05) is 0 Å². The van der Waals surface area contributed by atoms with Gasteiger partial charge in [0.2, 0.25) is 0 Å². The Morgan fingerprint density at radius 3 is 2.24 bits per heavy atom. The van der Waals surface area contributed by atoms with Crippen LogP contribution in [0.3, 0.4) is 0 Å². The first-order valence-electron chi connectivity index (χ1n) is 6.45. The first-order valence-corrected chi connectivity index (χ1v) is 8.04. The number of fused-ring (bicyclic) bond motifs is 1. The lowest BCUT2D eigenvalue weighted by molar-refractivity contribution is 0.599. The van der Waals surface area contributed by atoms with Crippen LogP contribution < -0.4 is 5.73 Å². The van der Waals surface area contributed by atoms with Crippen LogP contribution in [0.5, 0.6) is 0 Å². The standard InChI is InChI=1S/C17H12Br2FN/c18-10-5-6-14(16(20)9-10)17(21)13-7-8-15(19)12-4-2-1-3-11(12)13/h1-9,17H,21H2. The van der Waals surface area contributed by atoms with Crippen LogP contribution in [0.25, 0.3) is 10.8 Å². The third kappa shape index (κ3) is 2.76. The van der Waals surface area contributed by atoms with Gasteiger partial charge in [0.05, 0.1) is 6.04 Å². The van der Waals surface area contributed by atoms with E-state index in [1.165, 1.54) is 6.07 Å². The van der Waals surface area contributed by atoms with Gasteiger partial charge < -0.3 is 5.73 Å². The zero-order valence-electron chi connectivity index (χ0n) is 11.0. The van der Waals surface area contributed by atoms with E-state index >= 15 is 0 Å². The summed E-state index contributed by atoms with van der Waals surface area (Å²) in [5, 5.41) is 2.10. The molecule has 0 aliphatic carbocycles. The van der Waals surface area contributed by atoms with Crippen LogP contribution in [-0.2, 0) is 0 Å². The lowest BCUT2D eigenvalue weighted by Crippen LogP contribution is -2.14. The van der Waals surface area contributed by atoms with Gasteiger partial charge in [0.15, 0.2) is 0 Å². The molecule has 3 aromatic rings. The van der Waals surface area contributed by atoms with Gasteiger partial charge in [0.25, 0.3) is 0 Å². The molecule has 3 rings (SSSR count). The topological polar surface area (TPSA) is 26.0 Å². The van der Waals surface area contributed by atoms with Gasteiger partial charge in [-0.15, -0.1) is 0 Å². The second kappa shape index (κ2) is 5.87. The van der Waals surface area contributed by atoms with Crippen molar-refractivity contribution in [1.29, 1.82) is 0 Å². The fraction of sp³-hybridized carbons (Fsp3) is 0.0588. The molecule has 3 aromatic carbocycles. The molecule has 1 unspecified atom stereocenters. The van der Waals surface area contributed by atoms with Crippen molar-refractivity contribution in [1.82, 2.24) is 0 Å². The summed E-state index contributed by atoms with van der Waals surface area (Å²) in [6.07, 6.45) is 0. The quantitative estimate of drug-likeness (QED) is 0.590. The highest BCUT2D eigenvalue weighted by Gasteiger charge is 2.16. The lowest BCUT2D eigenvalue weighted by atomic mass is 9.94. The van der Waals surface area contributed by atoms with E-state index in [9.17, 15) is 4.39 Å². The number of nitrogens with two attached hydrogens (primary N) is 1. The average Bonchev–Trinajstić information content (AvgIpc) is 2.47. The Bertz CT molecular complexity index is 817. The molecule has 0 saturated heterocycles. The minimum atomic E-state index is -0.504. The van der Waals surface area contributed by atoms with Gasteiger partial charge in [-0.2, -0.15) is 0 Å². The molecular formula is C17H12Br2FN. The number of hydrogen-bond acceptors (Lipinski definition) is 1. The van der Waals surface area contributed by atoms with Crippen molar-refractivity contribution in [3.63, 3.8) is 0 Å². The Morgan fingerprint density at radius 1 is 0.857 bits per heavy atom. The minimum Gasteiger partial charge on any atom is -0.320 e. The molecule has 0 heterocycles. The summed E-state index contributed by atoms with van der Waals surface area (Å²) in [7, 11) is 0. The van der Waals surface area contributed by atoms with E-state index in [1.54, 1.807) is 12.1 Å². The monoisotopic (exact) mass is 407 g/mol. The smallest absolute Gasteiger partial charge is 0.129 e. The van der Waals surface area contributed by atoms with Crippen LogP contribution in [0.15, 0.2) is 63.5 Å². The van der Waals surface area contributed by atoms with Gasteiger partial charge in [-0.05, 0) is 34.5 Å². The molecule has 106 valence electrons. The zero-order chi connectivity index (χ0) is 15.0. The van der Waals surface area contributed by atoms with Crippen molar-refractivity contribution < 1.29 is 4.39 Å². The van der Waals surface area contributed by atoms with Gasteiger partial charge in [0.1, 0.15) is 5.82 Å². The molecule has 2 N–H and O–H groups in total. The van der Waals surface area contributed by atoms with Crippen molar-refractivity contribution in [3.8, 4) is 0 Å². The van der Waals surface area contributed by atoms with E-state index in [0.29, 0.717) is 10.0 Å². The maximum absolute atomic E-state index is 14.1. The Kier molecular flexibility index (Phi) is 4.11. The molecule has 0 aromatic heterocycles. The van der Waals surface area contributed by atoms with E-state index in [1.807, 2.05) is 36.4 Å². The molecule has 1 atom stereocenters. The molecule has 0 amide bonds. The minimum absolute atomic E-state index is 0.302. The molecule has 0 saturated carbocycles. The molecular weight excluding hydrogens is 397 g/mol. The number of halogens is 3. The number of hydrogen-bond donors (Lipinski definition) is 1. The summed E-state index contributed by atoms with van der Waals surface area (Å²) in [5.74, 6) is -0.302. The van der Waals surface area contributed by atoms with Gasteiger partial charge in [0, 0.05) is 14.5 Å². The average molecular weight is 409 g/mol. The fourth-order valence-electron chi connectivity index (χ4n) is 2.48. The van der Waals surface area contributed by atoms with Crippen LogP contribution in [0, 0.1) is 5.82 Å². The summed E-state index contributed by atoms with van der Waals surface area (Å²) in [5.41, 5.74) is 7.72. The molecule has 0 radical (unpaired) electrons. The summed E-state index contributed by atoms with van der Waals surface area (Å²) < 4.78 is 15.9. The second-order valence-electron chi connectivity index (χ2n) is 4.83. The molecule has 4 heteroatoms. The van der Waals surface area contributed by atoms with E-state index in [2.05, 4.69) is 31.9 Å². The van der Waals surface area contributed by atoms with Gasteiger partial charge in [-0.3, -0.25) is 0 Å². The predicted molar refractivity (Wildman–Crippen MR) is 91.8 cm³/mol. The maximum atomic E-state index is 14.1. The number of rotatable bonds is 2. The predicted octanol–water partition coefficient (Wildman–Crippen LogP) is 5.55. The third-order valence-electron chi connectivity index (χ3n) is 3.54. The molecule has 0 aliphatic heterocycles. The van der Waals surface area contributed by atoms with Crippen molar-refractivity contribution in [3.05, 3.63) is 80.5 Å². The Labute approximate surface area is 139 Å². The van der Waals surface area contributed by atoms with E-state index < -0.39 is 6.04 Å². The van der Waals surface area contributed by atoms with E-state index in [4.69, 9.17) is 5.73 Å². The second-order valence-corrected chi connectivity index (χ2v) is 6.60. The Morgan fingerprint density at radius 2 is 1.52 bits per heavy atom. The summed E-state index contributed by atoms with van der Waals surface area (Å²) >= 11 is 6.80. The summed E-state index contributed by atoms with van der Waals surface area (Å²) in [6.45, 7) is 0. The molecule has 21 heavy (non-hydrogen) atoms. The van der Waals surface area contributed by atoms with Gasteiger partial charge in [-0.1, -0.05) is 68.3 Å². The summed E-state index contributed by atoms with van der Waals surface area (Å²) in [6, 6.07) is 16.3. The van der Waals surface area contributed by atoms with Crippen LogP contribution in [0.1, 0.15) is 17.2 Å². The van der Waals surface area contributed by atoms with Crippen LogP contribution >= 0.6 is 31.9 Å². The third-order valence-corrected chi connectivity index (χ3v) is 4.72. The molecule has 0 aliphatic rings. The lowest BCUT2D eigenvalue weighted by Gasteiger charge is -2.17. The van der Waals surface area contributed by atoms with Crippen molar-refractivity contribution in [2.45, 2.75) is 6.04 Å². The van der Waals surface area contributed by atoms with Crippen molar-refractivity contribution in [2.24, 2.45) is 5.73 Å². The Hall–Kier alpha value is -1.23. The summed E-state index contributed by atoms with van der Waals surface area (Å²) in [4.78, 5) is 0. The first kappa shape index (κ1) is 14.7. The van der Waals surface area contributed by atoms with Gasteiger partial charge >= 0.3 is 0 Å². The zero-order valence-corrected chi connectivity index (χ0v) is 14.2. The SMILES string of the molecule is NC(c1ccc(Br)cc1F)c1ccc(Br)c2ccccc12. The van der Waals surface area contributed by atoms with E-state index in [0.717, 1.165) is 20.8 Å².